The highest BCUT2D eigenvalue weighted by atomic mass is 16.5. The van der Waals surface area contributed by atoms with Gasteiger partial charge in [-0.25, -0.2) is 4.79 Å². The zero-order chi connectivity index (χ0) is 22.4. The highest BCUT2D eigenvalue weighted by Crippen LogP contribution is 2.32. The smallest absolute Gasteiger partial charge is 0.337 e. The number of aliphatic hydroxyl groups is 1. The fraction of sp³-hybridized carbons (Fsp3) is 0.429. The molecular weight excluding hydrogens is 404 g/mol. The van der Waals surface area contributed by atoms with Crippen LogP contribution < -0.4 is 20.1 Å². The molecular formula is C21H26N4O6. The maximum Gasteiger partial charge on any atom is 0.337 e. The first-order valence-electron chi connectivity index (χ1n) is 10.0. The number of methoxy groups -OCH3 is 1. The number of benzene rings is 1. The number of unbranched alkanes of at least 4 members (excludes halogenated alkanes) is 1. The molecule has 0 fully saturated rings. The Labute approximate surface area is 179 Å². The van der Waals surface area contributed by atoms with E-state index in [1.165, 1.54) is 12.0 Å². The van der Waals surface area contributed by atoms with Crippen LogP contribution in [0.25, 0.3) is 0 Å². The molecule has 1 unspecified atom stereocenters. The number of rotatable bonds is 10. The molecule has 3 rings (SSSR count). The van der Waals surface area contributed by atoms with Gasteiger partial charge in [-0.05, 0) is 30.7 Å². The number of carbonyl (C=O) groups excluding carboxylic acids is 2. The highest BCUT2D eigenvalue weighted by Gasteiger charge is 2.33. The Bertz CT molecular complexity index is 934. The van der Waals surface area contributed by atoms with Crippen molar-refractivity contribution in [1.29, 1.82) is 0 Å². The molecule has 2 heterocycles. The third-order valence-electron chi connectivity index (χ3n) is 4.72. The molecule has 31 heavy (non-hydrogen) atoms. The summed E-state index contributed by atoms with van der Waals surface area (Å²) in [6, 6.07) is 6.44. The van der Waals surface area contributed by atoms with Gasteiger partial charge in [0.2, 0.25) is 5.91 Å². The molecule has 1 aliphatic heterocycles. The van der Waals surface area contributed by atoms with Crippen LogP contribution in [-0.4, -0.2) is 59.9 Å². The lowest BCUT2D eigenvalue weighted by Crippen LogP contribution is -2.38. The fourth-order valence-corrected chi connectivity index (χ4v) is 3.05. The topological polar surface area (TPSA) is 137 Å². The summed E-state index contributed by atoms with van der Waals surface area (Å²) < 4.78 is 15.7. The van der Waals surface area contributed by atoms with Gasteiger partial charge in [-0.15, -0.1) is 0 Å². The second kappa shape index (κ2) is 10.1. The SMILES string of the molecule is CCCCOc1nc(N)c2c(n1)N(CC(O)COc1ccc(C(=O)OC)cc1)C(=O)C2. The molecule has 1 aliphatic rings. The van der Waals surface area contributed by atoms with Gasteiger partial charge in [-0.3, -0.25) is 9.69 Å². The van der Waals surface area contributed by atoms with E-state index >= 15 is 0 Å². The number of aliphatic hydroxyl groups excluding tert-OH is 1. The van der Waals surface area contributed by atoms with Crippen molar-refractivity contribution < 1.29 is 28.9 Å². The van der Waals surface area contributed by atoms with Crippen LogP contribution >= 0.6 is 0 Å². The van der Waals surface area contributed by atoms with Gasteiger partial charge in [0.1, 0.15) is 30.1 Å². The molecule has 1 amide bonds. The molecule has 0 saturated heterocycles. The average molecular weight is 430 g/mol. The quantitative estimate of drug-likeness (QED) is 0.423. The molecule has 10 nitrogen and oxygen atoms in total. The molecule has 1 aromatic heterocycles. The standard InChI is InChI=1S/C21H26N4O6/c1-3-4-9-30-21-23-18(22)16-10-17(27)25(19(16)24-21)11-14(26)12-31-15-7-5-13(6-8-15)20(28)29-2/h5-8,14,26H,3-4,9-12H2,1-2H3,(H2,22,23,24). The van der Waals surface area contributed by atoms with Gasteiger partial charge in [0.05, 0.1) is 32.2 Å². The van der Waals surface area contributed by atoms with Crippen LogP contribution in [0.15, 0.2) is 24.3 Å². The summed E-state index contributed by atoms with van der Waals surface area (Å²) in [6.45, 7) is 2.42. The highest BCUT2D eigenvalue weighted by molar-refractivity contribution is 6.01. The second-order valence-electron chi connectivity index (χ2n) is 7.06. The first kappa shape index (κ1) is 22.3. The predicted octanol–water partition coefficient (Wildman–Crippen LogP) is 1.35. The molecule has 2 aromatic rings. The van der Waals surface area contributed by atoms with Crippen LogP contribution in [0.2, 0.25) is 0 Å². The lowest BCUT2D eigenvalue weighted by Gasteiger charge is -2.21. The first-order valence-corrected chi connectivity index (χ1v) is 10.0. The van der Waals surface area contributed by atoms with E-state index < -0.39 is 12.1 Å². The Balaban J connectivity index is 1.62. The number of fused-ring (bicyclic) bond motifs is 1. The maximum absolute atomic E-state index is 12.5. The van der Waals surface area contributed by atoms with Crippen molar-refractivity contribution in [3.63, 3.8) is 0 Å². The van der Waals surface area contributed by atoms with Gasteiger partial charge < -0.3 is 25.1 Å². The summed E-state index contributed by atoms with van der Waals surface area (Å²) in [5, 5.41) is 10.4. The van der Waals surface area contributed by atoms with Crippen LogP contribution in [0.4, 0.5) is 11.6 Å². The number of ether oxygens (including phenoxy) is 3. The van der Waals surface area contributed by atoms with E-state index in [2.05, 4.69) is 14.7 Å². The zero-order valence-electron chi connectivity index (χ0n) is 17.5. The normalized spacial score (nSPS) is 13.6. The number of hydrogen-bond acceptors (Lipinski definition) is 9. The van der Waals surface area contributed by atoms with E-state index in [4.69, 9.17) is 15.2 Å². The lowest BCUT2D eigenvalue weighted by atomic mass is 10.2. The predicted molar refractivity (Wildman–Crippen MR) is 112 cm³/mol. The Hall–Kier alpha value is -3.40. The summed E-state index contributed by atoms with van der Waals surface area (Å²) >= 11 is 0. The summed E-state index contributed by atoms with van der Waals surface area (Å²) in [6.07, 6.45) is 0.900. The molecule has 0 saturated carbocycles. The Morgan fingerprint density at radius 2 is 2.00 bits per heavy atom. The monoisotopic (exact) mass is 430 g/mol. The van der Waals surface area contributed by atoms with Gasteiger partial charge in [0.25, 0.3) is 0 Å². The number of β-amino-alcohol motifs (C(OH)–C–C–N with tert-alkyl or cyclic N) is 1. The van der Waals surface area contributed by atoms with Crippen LogP contribution in [-0.2, 0) is 16.0 Å². The van der Waals surface area contributed by atoms with Gasteiger partial charge in [-0.2, -0.15) is 9.97 Å². The number of nitrogen functional groups attached to an aromatic ring is 1. The van der Waals surface area contributed by atoms with Gasteiger partial charge in [0, 0.05) is 5.56 Å². The summed E-state index contributed by atoms with van der Waals surface area (Å²) in [5.74, 6) is 0.340. The molecule has 166 valence electrons. The number of carbonyl (C=O) groups is 2. The summed E-state index contributed by atoms with van der Waals surface area (Å²) in [4.78, 5) is 33.7. The van der Waals surface area contributed by atoms with Crippen molar-refractivity contribution in [3.8, 4) is 11.8 Å². The number of amides is 1. The summed E-state index contributed by atoms with van der Waals surface area (Å²) in [5.41, 5.74) is 6.90. The van der Waals surface area contributed by atoms with Gasteiger partial charge >= 0.3 is 12.0 Å². The van der Waals surface area contributed by atoms with E-state index in [0.29, 0.717) is 29.3 Å². The van der Waals surface area contributed by atoms with Crippen molar-refractivity contribution >= 4 is 23.5 Å². The van der Waals surface area contributed by atoms with E-state index in [0.717, 1.165) is 12.8 Å². The number of nitrogens with two attached hydrogens (primary N) is 1. The second-order valence-corrected chi connectivity index (χ2v) is 7.06. The lowest BCUT2D eigenvalue weighted by molar-refractivity contribution is -0.117. The van der Waals surface area contributed by atoms with E-state index in [9.17, 15) is 14.7 Å². The third kappa shape index (κ3) is 5.40. The average Bonchev–Trinajstić information content (AvgIpc) is 3.08. The largest absolute Gasteiger partial charge is 0.491 e. The van der Waals surface area contributed by atoms with Gasteiger partial charge in [0.15, 0.2) is 0 Å². The number of anilines is 2. The Kier molecular flexibility index (Phi) is 7.24. The van der Waals surface area contributed by atoms with Crippen LogP contribution in [0, 0.1) is 0 Å². The Morgan fingerprint density at radius 1 is 1.26 bits per heavy atom. The fourth-order valence-electron chi connectivity index (χ4n) is 3.05. The number of aromatic nitrogens is 2. The minimum Gasteiger partial charge on any atom is -0.491 e. The minimum absolute atomic E-state index is 0.0169. The number of hydrogen-bond donors (Lipinski definition) is 2. The first-order chi connectivity index (χ1) is 14.9. The van der Waals surface area contributed by atoms with Crippen LogP contribution in [0.1, 0.15) is 35.7 Å². The number of nitrogens with zero attached hydrogens (tertiary/aromatic N) is 3. The molecule has 1 aromatic carbocycles. The molecule has 3 N–H and O–H groups in total. The molecule has 0 radical (unpaired) electrons. The Morgan fingerprint density at radius 3 is 2.68 bits per heavy atom. The van der Waals surface area contributed by atoms with Crippen molar-refractivity contribution in [2.45, 2.75) is 32.3 Å². The van der Waals surface area contributed by atoms with Crippen molar-refractivity contribution in [2.75, 3.05) is 37.5 Å². The summed E-state index contributed by atoms with van der Waals surface area (Å²) in [7, 11) is 1.31. The molecule has 1 atom stereocenters. The molecule has 0 bridgehead atoms. The molecule has 10 heteroatoms. The molecule has 0 aliphatic carbocycles. The molecule has 0 spiro atoms. The van der Waals surface area contributed by atoms with Gasteiger partial charge in [-0.1, -0.05) is 13.3 Å². The minimum atomic E-state index is -0.976. The van der Waals surface area contributed by atoms with E-state index in [1.807, 2.05) is 6.92 Å². The third-order valence-corrected chi connectivity index (χ3v) is 4.72. The van der Waals surface area contributed by atoms with Crippen molar-refractivity contribution in [1.82, 2.24) is 9.97 Å². The maximum atomic E-state index is 12.5. The van der Waals surface area contributed by atoms with Crippen molar-refractivity contribution in [3.05, 3.63) is 35.4 Å². The van der Waals surface area contributed by atoms with Crippen molar-refractivity contribution in [2.24, 2.45) is 0 Å². The van der Waals surface area contributed by atoms with Crippen LogP contribution in [0.3, 0.4) is 0 Å². The van der Waals surface area contributed by atoms with Crippen LogP contribution in [0.5, 0.6) is 11.8 Å². The zero-order valence-corrected chi connectivity index (χ0v) is 17.5. The van der Waals surface area contributed by atoms with E-state index in [-0.39, 0.29) is 37.3 Å². The van der Waals surface area contributed by atoms with E-state index in [1.54, 1.807) is 24.3 Å². The number of esters is 1.